The van der Waals surface area contributed by atoms with Gasteiger partial charge in [0.05, 0.1) is 13.1 Å². The third-order valence-corrected chi connectivity index (χ3v) is 3.07. The van der Waals surface area contributed by atoms with Crippen LogP contribution in [-0.2, 0) is 20.9 Å². The first-order chi connectivity index (χ1) is 13.9. The maximum Gasteiger partial charge on any atom is 0.490 e. The van der Waals surface area contributed by atoms with E-state index in [-0.39, 0.29) is 17.9 Å². The zero-order chi connectivity index (χ0) is 22.9. The molecule has 15 heteroatoms. The van der Waals surface area contributed by atoms with Crippen LogP contribution in [0.25, 0.3) is 11.4 Å². The predicted octanol–water partition coefficient (Wildman–Crippen LogP) is 0.677. The molecule has 1 aromatic heterocycles. The number of rotatable bonds is 7. The molecule has 0 amide bonds. The van der Waals surface area contributed by atoms with Gasteiger partial charge in [0.25, 0.3) is 0 Å². The maximum absolute atomic E-state index is 14.2. The van der Waals surface area contributed by atoms with Gasteiger partial charge < -0.3 is 15.3 Å². The summed E-state index contributed by atoms with van der Waals surface area (Å²) in [5.74, 6) is -5.63. The molecular weight excluding hydrogens is 422 g/mol. The van der Waals surface area contributed by atoms with Crippen LogP contribution in [0.5, 0.6) is 0 Å². The lowest BCUT2D eigenvalue weighted by molar-refractivity contribution is -0.192. The average Bonchev–Trinajstić information content (AvgIpc) is 2.62. The summed E-state index contributed by atoms with van der Waals surface area (Å²) in [6, 6.07) is 4.10. The van der Waals surface area contributed by atoms with Crippen molar-refractivity contribution in [1.82, 2.24) is 25.3 Å². The monoisotopic (exact) mass is 435 g/mol. The minimum absolute atomic E-state index is 0.144. The number of hydrogen-bond acceptors (Lipinski definition) is 8. The molecule has 0 spiro atoms. The molecule has 0 saturated heterocycles. The van der Waals surface area contributed by atoms with Crippen LogP contribution in [0.4, 0.5) is 17.6 Å². The van der Waals surface area contributed by atoms with Gasteiger partial charge in [-0.05, 0) is 6.07 Å². The molecule has 1 heterocycles. The van der Waals surface area contributed by atoms with Crippen LogP contribution in [0, 0.1) is 5.82 Å². The van der Waals surface area contributed by atoms with Crippen molar-refractivity contribution in [2.75, 3.05) is 13.1 Å². The molecule has 0 bridgehead atoms. The van der Waals surface area contributed by atoms with E-state index >= 15 is 0 Å². The first-order valence-corrected chi connectivity index (χ1v) is 7.65. The Morgan fingerprint density at radius 1 is 0.967 bits per heavy atom. The standard InChI is InChI=1S/C13H12FN5O4.C2HF3O2/c14-10-3-8(13-17-15-7-16-18-13)1-2-9(10)4-19(5-11(20)21)6-12(22)23;3-2(4,5)1(6)7/h1-3,7H,4-6H2,(H,20,21)(H,22,23);(H,6,7). The second-order valence-electron chi connectivity index (χ2n) is 5.41. The van der Waals surface area contributed by atoms with Gasteiger partial charge in [-0.15, -0.1) is 20.4 Å². The van der Waals surface area contributed by atoms with Gasteiger partial charge in [0, 0.05) is 17.7 Å². The molecule has 1 aromatic carbocycles. The molecular formula is C15H13F4N5O6. The fraction of sp³-hybridized carbons (Fsp3) is 0.267. The third kappa shape index (κ3) is 8.51. The van der Waals surface area contributed by atoms with Gasteiger partial charge in [0.2, 0.25) is 5.82 Å². The van der Waals surface area contributed by atoms with E-state index in [1.54, 1.807) is 0 Å². The molecule has 30 heavy (non-hydrogen) atoms. The smallest absolute Gasteiger partial charge is 0.480 e. The lowest BCUT2D eigenvalue weighted by Gasteiger charge is -2.18. The van der Waals surface area contributed by atoms with Gasteiger partial charge in [-0.1, -0.05) is 12.1 Å². The summed E-state index contributed by atoms with van der Waals surface area (Å²) in [5.41, 5.74) is 0.517. The summed E-state index contributed by atoms with van der Waals surface area (Å²) < 4.78 is 45.9. The first kappa shape index (κ1) is 24.3. The highest BCUT2D eigenvalue weighted by Crippen LogP contribution is 2.19. The molecule has 0 aliphatic carbocycles. The van der Waals surface area contributed by atoms with Gasteiger partial charge in [0.15, 0.2) is 6.33 Å². The highest BCUT2D eigenvalue weighted by Gasteiger charge is 2.38. The van der Waals surface area contributed by atoms with E-state index in [2.05, 4.69) is 20.4 Å². The quantitative estimate of drug-likeness (QED) is 0.523. The molecule has 0 saturated carbocycles. The van der Waals surface area contributed by atoms with E-state index in [4.69, 9.17) is 20.1 Å². The van der Waals surface area contributed by atoms with Crippen molar-refractivity contribution in [3.8, 4) is 11.4 Å². The summed E-state index contributed by atoms with van der Waals surface area (Å²) in [6.45, 7) is -1.18. The van der Waals surface area contributed by atoms with Gasteiger partial charge in [-0.25, -0.2) is 9.18 Å². The number of nitrogens with zero attached hydrogens (tertiary/aromatic N) is 5. The van der Waals surface area contributed by atoms with Crippen LogP contribution in [0.2, 0.25) is 0 Å². The lowest BCUT2D eigenvalue weighted by atomic mass is 10.1. The molecule has 0 radical (unpaired) electrons. The lowest BCUT2D eigenvalue weighted by Crippen LogP contribution is -2.34. The average molecular weight is 435 g/mol. The van der Waals surface area contributed by atoms with E-state index in [1.807, 2.05) is 0 Å². The van der Waals surface area contributed by atoms with E-state index in [9.17, 15) is 27.2 Å². The number of carboxylic acid groups (broad SMARTS) is 3. The number of carboxylic acids is 3. The predicted molar refractivity (Wildman–Crippen MR) is 87.3 cm³/mol. The third-order valence-electron chi connectivity index (χ3n) is 3.07. The van der Waals surface area contributed by atoms with Crippen LogP contribution in [0.1, 0.15) is 5.56 Å². The van der Waals surface area contributed by atoms with Crippen LogP contribution >= 0.6 is 0 Å². The van der Waals surface area contributed by atoms with Crippen LogP contribution < -0.4 is 0 Å². The van der Waals surface area contributed by atoms with Crippen molar-refractivity contribution in [2.45, 2.75) is 12.7 Å². The molecule has 2 aromatic rings. The summed E-state index contributed by atoms with van der Waals surface area (Å²) in [6.07, 6.45) is -3.94. The molecule has 2 rings (SSSR count). The molecule has 0 aliphatic heterocycles. The van der Waals surface area contributed by atoms with Gasteiger partial charge in [-0.3, -0.25) is 14.5 Å². The van der Waals surface area contributed by atoms with E-state index < -0.39 is 43.0 Å². The molecule has 3 N–H and O–H groups in total. The zero-order valence-electron chi connectivity index (χ0n) is 14.7. The fourth-order valence-electron chi connectivity index (χ4n) is 1.93. The minimum atomic E-state index is -5.08. The number of aromatic nitrogens is 4. The van der Waals surface area contributed by atoms with Crippen LogP contribution in [0.15, 0.2) is 24.5 Å². The van der Waals surface area contributed by atoms with Crippen molar-refractivity contribution in [2.24, 2.45) is 0 Å². The number of halogens is 4. The Morgan fingerprint density at radius 3 is 1.87 bits per heavy atom. The van der Waals surface area contributed by atoms with Crippen LogP contribution in [-0.4, -0.2) is 77.8 Å². The molecule has 11 nitrogen and oxygen atoms in total. The zero-order valence-corrected chi connectivity index (χ0v) is 14.7. The van der Waals surface area contributed by atoms with Gasteiger partial charge in [0.1, 0.15) is 5.82 Å². The van der Waals surface area contributed by atoms with Crippen molar-refractivity contribution < 1.29 is 47.3 Å². The number of alkyl halides is 3. The Hall–Kier alpha value is -3.75. The number of aliphatic carboxylic acids is 3. The molecule has 0 unspecified atom stereocenters. The highest BCUT2D eigenvalue weighted by atomic mass is 19.4. The summed E-state index contributed by atoms with van der Waals surface area (Å²) >= 11 is 0. The van der Waals surface area contributed by atoms with Crippen molar-refractivity contribution >= 4 is 17.9 Å². The van der Waals surface area contributed by atoms with E-state index in [1.165, 1.54) is 12.1 Å². The molecule has 162 valence electrons. The Kier molecular flexibility index (Phi) is 8.66. The Balaban J connectivity index is 0.000000553. The van der Waals surface area contributed by atoms with Crippen molar-refractivity contribution in [1.29, 1.82) is 0 Å². The molecule has 0 atom stereocenters. The number of carbonyl (C=O) groups is 3. The summed E-state index contributed by atoms with van der Waals surface area (Å²) in [5, 5.41) is 39.2. The van der Waals surface area contributed by atoms with Gasteiger partial charge >= 0.3 is 24.1 Å². The second-order valence-corrected chi connectivity index (χ2v) is 5.41. The Labute approximate surface area is 164 Å². The summed E-state index contributed by atoms with van der Waals surface area (Å²) in [4.78, 5) is 31.5. The number of hydrogen-bond donors (Lipinski definition) is 3. The largest absolute Gasteiger partial charge is 0.490 e. The Morgan fingerprint density at radius 2 is 1.47 bits per heavy atom. The Bertz CT molecular complexity index is 881. The van der Waals surface area contributed by atoms with E-state index in [0.29, 0.717) is 5.56 Å². The fourth-order valence-corrected chi connectivity index (χ4v) is 1.93. The minimum Gasteiger partial charge on any atom is -0.480 e. The second kappa shape index (κ2) is 10.7. The first-order valence-electron chi connectivity index (χ1n) is 7.65. The van der Waals surface area contributed by atoms with Gasteiger partial charge in [-0.2, -0.15) is 13.2 Å². The van der Waals surface area contributed by atoms with Crippen molar-refractivity contribution in [3.63, 3.8) is 0 Å². The number of benzene rings is 1. The molecule has 0 aliphatic rings. The maximum atomic E-state index is 14.2. The van der Waals surface area contributed by atoms with E-state index in [0.717, 1.165) is 17.3 Å². The topological polar surface area (TPSA) is 167 Å². The molecule has 0 fully saturated rings. The van der Waals surface area contributed by atoms with Crippen LogP contribution in [0.3, 0.4) is 0 Å². The SMILES string of the molecule is O=C(O)C(F)(F)F.O=C(O)CN(CC(=O)O)Cc1ccc(-c2nncnn2)cc1F. The van der Waals surface area contributed by atoms with Crippen molar-refractivity contribution in [3.05, 3.63) is 35.9 Å². The normalized spacial score (nSPS) is 10.8. The highest BCUT2D eigenvalue weighted by molar-refractivity contribution is 5.73. The summed E-state index contributed by atoms with van der Waals surface area (Å²) in [7, 11) is 0.